The number of Topliss-reactive ketones (excluding diaryl/α,β-unsaturated/α-hetero) is 1. The Bertz CT molecular complexity index is 408. The summed E-state index contributed by atoms with van der Waals surface area (Å²) in [6.45, 7) is 0.539. The van der Waals surface area contributed by atoms with E-state index in [2.05, 4.69) is 4.72 Å². The van der Waals surface area contributed by atoms with Crippen molar-refractivity contribution in [2.75, 3.05) is 13.6 Å². The predicted octanol–water partition coefficient (Wildman–Crippen LogP) is 1.06. The summed E-state index contributed by atoms with van der Waals surface area (Å²) < 4.78 is 27.9. The monoisotopic (exact) mass is 274 g/mol. The molecular formula is C12H22N2O3S. The second-order valence-corrected chi connectivity index (χ2v) is 7.03. The van der Waals surface area contributed by atoms with Gasteiger partial charge in [-0.2, -0.15) is 12.7 Å². The molecule has 0 spiro atoms. The van der Waals surface area contributed by atoms with E-state index < -0.39 is 10.2 Å². The Morgan fingerprint density at radius 3 is 2.56 bits per heavy atom. The molecule has 2 atom stereocenters. The Balaban J connectivity index is 2.19. The van der Waals surface area contributed by atoms with E-state index in [9.17, 15) is 13.2 Å². The van der Waals surface area contributed by atoms with Crippen molar-refractivity contribution in [3.05, 3.63) is 0 Å². The highest BCUT2D eigenvalue weighted by molar-refractivity contribution is 7.87. The summed E-state index contributed by atoms with van der Waals surface area (Å²) >= 11 is 0. The van der Waals surface area contributed by atoms with Gasteiger partial charge in [0.2, 0.25) is 0 Å². The van der Waals surface area contributed by atoms with Gasteiger partial charge < -0.3 is 0 Å². The molecule has 1 aliphatic carbocycles. The van der Waals surface area contributed by atoms with E-state index in [1.807, 2.05) is 0 Å². The zero-order chi connectivity index (χ0) is 13.2. The topological polar surface area (TPSA) is 66.5 Å². The summed E-state index contributed by atoms with van der Waals surface area (Å²) in [6.07, 6.45) is 6.19. The molecule has 1 aliphatic heterocycles. The van der Waals surface area contributed by atoms with Gasteiger partial charge in [0, 0.05) is 32.0 Å². The van der Waals surface area contributed by atoms with Gasteiger partial charge in [-0.05, 0) is 25.7 Å². The SMILES string of the molecule is CNS(=O)(=O)N1CCCCC1C1CCCCC1=O. The summed E-state index contributed by atoms with van der Waals surface area (Å²) in [7, 11) is -1.98. The first-order valence-electron chi connectivity index (χ1n) is 6.79. The highest BCUT2D eigenvalue weighted by Gasteiger charge is 2.39. The summed E-state index contributed by atoms with van der Waals surface area (Å²) in [5, 5.41) is 0. The Kier molecular flexibility index (Phi) is 4.40. The fourth-order valence-corrected chi connectivity index (χ4v) is 4.38. The predicted molar refractivity (Wildman–Crippen MR) is 69.3 cm³/mol. The Morgan fingerprint density at radius 1 is 1.17 bits per heavy atom. The molecule has 0 bridgehead atoms. The third-order valence-electron chi connectivity index (χ3n) is 4.13. The van der Waals surface area contributed by atoms with Crippen LogP contribution in [0.3, 0.4) is 0 Å². The van der Waals surface area contributed by atoms with Crippen molar-refractivity contribution in [1.29, 1.82) is 0 Å². The molecule has 2 aliphatic rings. The molecule has 2 rings (SSSR count). The van der Waals surface area contributed by atoms with Gasteiger partial charge in [0.25, 0.3) is 10.2 Å². The lowest BCUT2D eigenvalue weighted by atomic mass is 9.80. The van der Waals surface area contributed by atoms with Crippen molar-refractivity contribution in [3.63, 3.8) is 0 Å². The van der Waals surface area contributed by atoms with Crippen LogP contribution in [0.1, 0.15) is 44.9 Å². The van der Waals surface area contributed by atoms with Crippen molar-refractivity contribution in [2.45, 2.75) is 51.0 Å². The van der Waals surface area contributed by atoms with Crippen LogP contribution in [0.25, 0.3) is 0 Å². The molecule has 18 heavy (non-hydrogen) atoms. The second-order valence-electron chi connectivity index (χ2n) is 5.20. The molecule has 0 aromatic carbocycles. The van der Waals surface area contributed by atoms with E-state index in [1.165, 1.54) is 11.4 Å². The molecular weight excluding hydrogens is 252 g/mol. The van der Waals surface area contributed by atoms with E-state index in [0.717, 1.165) is 38.5 Å². The van der Waals surface area contributed by atoms with Gasteiger partial charge in [-0.1, -0.05) is 12.8 Å². The number of rotatable bonds is 3. The van der Waals surface area contributed by atoms with Crippen LogP contribution in [0.4, 0.5) is 0 Å². The van der Waals surface area contributed by atoms with Gasteiger partial charge in [-0.15, -0.1) is 0 Å². The third-order valence-corrected chi connectivity index (χ3v) is 5.72. The second kappa shape index (κ2) is 5.67. The van der Waals surface area contributed by atoms with Crippen LogP contribution in [0, 0.1) is 5.92 Å². The summed E-state index contributed by atoms with van der Waals surface area (Å²) in [6, 6.07) is -0.121. The quantitative estimate of drug-likeness (QED) is 0.837. The molecule has 5 nitrogen and oxygen atoms in total. The Morgan fingerprint density at radius 2 is 1.89 bits per heavy atom. The average molecular weight is 274 g/mol. The van der Waals surface area contributed by atoms with Crippen LogP contribution < -0.4 is 4.72 Å². The minimum atomic E-state index is -3.41. The highest BCUT2D eigenvalue weighted by atomic mass is 32.2. The first-order valence-corrected chi connectivity index (χ1v) is 8.23. The van der Waals surface area contributed by atoms with E-state index in [-0.39, 0.29) is 17.7 Å². The summed E-state index contributed by atoms with van der Waals surface area (Å²) in [4.78, 5) is 12.0. The maximum absolute atomic E-state index is 12.0. The fraction of sp³-hybridized carbons (Fsp3) is 0.917. The third kappa shape index (κ3) is 2.75. The molecule has 0 amide bonds. The van der Waals surface area contributed by atoms with Gasteiger partial charge in [0.05, 0.1) is 0 Å². The van der Waals surface area contributed by atoms with Crippen LogP contribution in [-0.2, 0) is 15.0 Å². The highest BCUT2D eigenvalue weighted by Crippen LogP contribution is 2.32. The van der Waals surface area contributed by atoms with Crippen LogP contribution in [0.2, 0.25) is 0 Å². The normalized spacial score (nSPS) is 31.5. The summed E-state index contributed by atoms with van der Waals surface area (Å²) in [5.41, 5.74) is 0. The molecule has 6 heteroatoms. The molecule has 2 unspecified atom stereocenters. The molecule has 0 radical (unpaired) electrons. The standard InChI is InChI=1S/C12H22N2O3S/c1-13-18(16,17)14-9-5-4-7-11(14)10-6-2-3-8-12(10)15/h10-11,13H,2-9H2,1H3. The van der Waals surface area contributed by atoms with E-state index in [1.54, 1.807) is 0 Å². The molecule has 1 saturated heterocycles. The average Bonchev–Trinajstić information content (AvgIpc) is 2.39. The van der Waals surface area contributed by atoms with Crippen molar-refractivity contribution < 1.29 is 13.2 Å². The number of nitrogens with one attached hydrogen (secondary N) is 1. The lowest BCUT2D eigenvalue weighted by Crippen LogP contribution is -2.52. The van der Waals surface area contributed by atoms with E-state index in [0.29, 0.717) is 13.0 Å². The van der Waals surface area contributed by atoms with E-state index >= 15 is 0 Å². The molecule has 0 aromatic rings. The maximum atomic E-state index is 12.0. The van der Waals surface area contributed by atoms with Gasteiger partial charge in [-0.25, -0.2) is 4.72 Å². The lowest BCUT2D eigenvalue weighted by molar-refractivity contribution is -0.126. The summed E-state index contributed by atoms with van der Waals surface area (Å²) in [5.74, 6) is 0.173. The number of ketones is 1. The van der Waals surface area contributed by atoms with Gasteiger partial charge in [0.15, 0.2) is 0 Å². The van der Waals surface area contributed by atoms with E-state index in [4.69, 9.17) is 0 Å². The zero-order valence-corrected chi connectivity index (χ0v) is 11.7. The Labute approximate surface area is 109 Å². The van der Waals surface area contributed by atoms with Gasteiger partial charge in [0.1, 0.15) is 5.78 Å². The zero-order valence-electron chi connectivity index (χ0n) is 10.9. The molecule has 0 aromatic heterocycles. The minimum absolute atomic E-state index is 0.0813. The van der Waals surface area contributed by atoms with Crippen molar-refractivity contribution in [2.24, 2.45) is 5.92 Å². The smallest absolute Gasteiger partial charge is 0.279 e. The number of piperidine rings is 1. The number of hydrogen-bond acceptors (Lipinski definition) is 3. The number of nitrogens with zero attached hydrogens (tertiary/aromatic N) is 1. The molecule has 1 N–H and O–H groups in total. The van der Waals surface area contributed by atoms with Crippen molar-refractivity contribution in [3.8, 4) is 0 Å². The first kappa shape index (κ1) is 14.0. The molecule has 1 saturated carbocycles. The maximum Gasteiger partial charge on any atom is 0.279 e. The van der Waals surface area contributed by atoms with Gasteiger partial charge >= 0.3 is 0 Å². The number of hydrogen-bond donors (Lipinski definition) is 1. The van der Waals surface area contributed by atoms with Crippen molar-refractivity contribution >= 4 is 16.0 Å². The van der Waals surface area contributed by atoms with Crippen LogP contribution in [0.5, 0.6) is 0 Å². The lowest BCUT2D eigenvalue weighted by Gasteiger charge is -2.39. The Hall–Kier alpha value is -0.460. The van der Waals surface area contributed by atoms with Crippen LogP contribution in [-0.4, -0.2) is 38.1 Å². The first-order chi connectivity index (χ1) is 8.56. The fourth-order valence-electron chi connectivity index (χ4n) is 3.17. The van der Waals surface area contributed by atoms with Crippen molar-refractivity contribution in [1.82, 2.24) is 9.03 Å². The largest absolute Gasteiger partial charge is 0.299 e. The van der Waals surface area contributed by atoms with Gasteiger partial charge in [-0.3, -0.25) is 4.79 Å². The number of carbonyl (C=O) groups is 1. The van der Waals surface area contributed by atoms with Crippen LogP contribution >= 0.6 is 0 Å². The number of carbonyl (C=O) groups excluding carboxylic acids is 1. The molecule has 1 heterocycles. The molecule has 104 valence electrons. The minimum Gasteiger partial charge on any atom is -0.299 e. The van der Waals surface area contributed by atoms with Crippen LogP contribution in [0.15, 0.2) is 0 Å². The molecule has 2 fully saturated rings.